The van der Waals surface area contributed by atoms with Crippen molar-refractivity contribution in [2.75, 3.05) is 63.9 Å². The lowest BCUT2D eigenvalue weighted by Gasteiger charge is -2.26. The van der Waals surface area contributed by atoms with Crippen molar-refractivity contribution in [1.82, 2.24) is 39.9 Å². The minimum atomic E-state index is -0.299. The largest absolute Gasteiger partial charge is 0.494 e. The number of hydrogen-bond acceptors (Lipinski definition) is 11. The lowest BCUT2D eigenvalue weighted by molar-refractivity contribution is -0.111. The lowest BCUT2D eigenvalue weighted by Crippen LogP contribution is -2.29. The maximum absolute atomic E-state index is 12.2. The molecule has 8 aromatic rings. The van der Waals surface area contributed by atoms with Gasteiger partial charge in [0, 0.05) is 90.5 Å². The molecule has 0 saturated heterocycles. The van der Waals surface area contributed by atoms with Crippen LogP contribution in [0.3, 0.4) is 0 Å². The Labute approximate surface area is 382 Å². The topological polar surface area (TPSA) is 158 Å². The fourth-order valence-corrected chi connectivity index (χ4v) is 7.98. The molecule has 4 aromatic carbocycles. The van der Waals surface area contributed by atoms with E-state index in [1.165, 1.54) is 6.08 Å². The van der Waals surface area contributed by atoms with Gasteiger partial charge in [0.15, 0.2) is 0 Å². The molecule has 0 bridgehead atoms. The summed E-state index contributed by atoms with van der Waals surface area (Å²) in [4.78, 5) is 43.9. The number of anilines is 4. The van der Waals surface area contributed by atoms with Gasteiger partial charge in [-0.15, -0.1) is 0 Å². The van der Waals surface area contributed by atoms with Gasteiger partial charge in [0.1, 0.15) is 5.75 Å². The number of carbonyl (C=O) groups excluding carboxylic acids is 2. The molecule has 0 aliphatic rings. The molecule has 0 fully saturated rings. The average Bonchev–Trinajstić information content (AvgIpc) is 3.90. The van der Waals surface area contributed by atoms with Gasteiger partial charge >= 0.3 is 0 Å². The summed E-state index contributed by atoms with van der Waals surface area (Å²) in [5.41, 5.74) is 8.39. The molecule has 0 aliphatic heterocycles. The summed E-state index contributed by atoms with van der Waals surface area (Å²) in [5, 5.41) is 18.5. The number of benzene rings is 4. The Balaban J connectivity index is 0.000000201. The molecule has 2 amide bonds. The molecule has 330 valence electrons. The van der Waals surface area contributed by atoms with Gasteiger partial charge in [0.2, 0.25) is 11.9 Å². The number of hydrogen-bond donors (Lipinski definition) is 4. The molecule has 0 radical (unpaired) electrons. The lowest BCUT2D eigenvalue weighted by atomic mass is 10.1. The number of aromatic amines is 1. The van der Waals surface area contributed by atoms with Crippen molar-refractivity contribution in [3.05, 3.63) is 151 Å². The zero-order valence-electron chi connectivity index (χ0n) is 37.2. The number of aromatic nitrogens is 6. The van der Waals surface area contributed by atoms with Gasteiger partial charge in [-0.05, 0) is 93.0 Å². The van der Waals surface area contributed by atoms with E-state index in [0.717, 1.165) is 73.0 Å². The van der Waals surface area contributed by atoms with E-state index in [4.69, 9.17) is 9.72 Å². The van der Waals surface area contributed by atoms with E-state index in [2.05, 4.69) is 75.4 Å². The number of aryl methyl sites for hydroxylation is 1. The Bertz CT molecular complexity index is 2980. The third-order valence-electron chi connectivity index (χ3n) is 10.4. The number of ether oxygens (including phenoxy) is 1. The van der Waals surface area contributed by atoms with Gasteiger partial charge in [0.25, 0.3) is 5.91 Å². The molecule has 0 atom stereocenters. The molecular formula is C50H51N11O3S. The maximum atomic E-state index is 12.2. The molecule has 15 heteroatoms. The average molecular weight is 886 g/mol. The molecule has 0 aliphatic carbocycles. The smallest absolute Gasteiger partial charge is 0.252 e. The summed E-state index contributed by atoms with van der Waals surface area (Å²) >= 11 is 1.56. The Kier molecular flexibility index (Phi) is 14.7. The van der Waals surface area contributed by atoms with Crippen LogP contribution in [-0.2, 0) is 11.8 Å². The number of rotatable bonds is 15. The van der Waals surface area contributed by atoms with Crippen LogP contribution in [0.15, 0.2) is 144 Å². The van der Waals surface area contributed by atoms with Crippen molar-refractivity contribution < 1.29 is 14.3 Å². The highest BCUT2D eigenvalue weighted by atomic mass is 32.2. The fraction of sp³-hybridized carbons (Fsp3) is 0.160. The van der Waals surface area contributed by atoms with Crippen LogP contribution in [0.5, 0.6) is 5.75 Å². The summed E-state index contributed by atoms with van der Waals surface area (Å²) < 4.78 is 7.79. The third-order valence-corrected chi connectivity index (χ3v) is 11.4. The highest BCUT2D eigenvalue weighted by Gasteiger charge is 2.18. The summed E-state index contributed by atoms with van der Waals surface area (Å²) in [6, 6.07) is 33.3. The van der Waals surface area contributed by atoms with E-state index in [1.807, 2.05) is 131 Å². The molecule has 0 saturated carbocycles. The predicted octanol–water partition coefficient (Wildman–Crippen LogP) is 9.15. The van der Waals surface area contributed by atoms with Gasteiger partial charge in [-0.2, -0.15) is 5.10 Å². The Morgan fingerprint density at radius 1 is 0.877 bits per heavy atom. The highest BCUT2D eigenvalue weighted by Crippen LogP contribution is 2.39. The number of pyridine rings is 1. The highest BCUT2D eigenvalue weighted by molar-refractivity contribution is 7.99. The maximum Gasteiger partial charge on any atom is 0.252 e. The predicted molar refractivity (Wildman–Crippen MR) is 264 cm³/mol. The number of amides is 2. The van der Waals surface area contributed by atoms with Crippen molar-refractivity contribution in [2.24, 2.45) is 7.05 Å². The van der Waals surface area contributed by atoms with Crippen LogP contribution in [0.4, 0.5) is 23.0 Å². The van der Waals surface area contributed by atoms with Gasteiger partial charge in [0.05, 0.1) is 52.3 Å². The van der Waals surface area contributed by atoms with Crippen LogP contribution in [0.2, 0.25) is 0 Å². The summed E-state index contributed by atoms with van der Waals surface area (Å²) in [7, 11) is 11.3. The zero-order chi connectivity index (χ0) is 45.9. The second-order valence-electron chi connectivity index (χ2n) is 15.1. The molecule has 4 aromatic heterocycles. The van der Waals surface area contributed by atoms with Gasteiger partial charge in [-0.1, -0.05) is 54.7 Å². The van der Waals surface area contributed by atoms with E-state index < -0.39 is 0 Å². The number of H-pyrrole nitrogens is 1. The number of nitrogens with one attached hydrogen (secondary N) is 4. The fourth-order valence-electron chi connectivity index (χ4n) is 7.00. The van der Waals surface area contributed by atoms with E-state index >= 15 is 0 Å². The zero-order valence-corrected chi connectivity index (χ0v) is 38.0. The number of para-hydroxylation sites is 1. The van der Waals surface area contributed by atoms with Crippen LogP contribution < -0.4 is 25.6 Å². The van der Waals surface area contributed by atoms with Crippen molar-refractivity contribution in [1.29, 1.82) is 0 Å². The number of nitrogens with zero attached hydrogens (tertiary/aromatic N) is 7. The Morgan fingerprint density at radius 3 is 2.45 bits per heavy atom. The summed E-state index contributed by atoms with van der Waals surface area (Å²) in [6.07, 6.45) is 10.7. The van der Waals surface area contributed by atoms with Crippen molar-refractivity contribution in [2.45, 2.75) is 9.79 Å². The first-order valence-electron chi connectivity index (χ1n) is 20.8. The molecule has 14 nitrogen and oxygen atoms in total. The normalized spacial score (nSPS) is 11.1. The molecular weight excluding hydrogens is 835 g/mol. The van der Waals surface area contributed by atoms with E-state index in [9.17, 15) is 9.59 Å². The summed E-state index contributed by atoms with van der Waals surface area (Å²) in [5.74, 6) is 0.626. The first-order valence-corrected chi connectivity index (χ1v) is 21.6. The minimum Gasteiger partial charge on any atom is -0.494 e. The number of methoxy groups -OCH3 is 1. The number of carbonyl (C=O) groups is 2. The van der Waals surface area contributed by atoms with Crippen LogP contribution in [0.25, 0.3) is 45.2 Å². The van der Waals surface area contributed by atoms with Gasteiger partial charge in [-0.3, -0.25) is 19.7 Å². The first kappa shape index (κ1) is 45.3. The summed E-state index contributed by atoms with van der Waals surface area (Å²) in [6.45, 7) is 5.19. The number of likely N-dealkylation sites (N-methyl/N-ethyl adjacent to an activating group) is 2. The van der Waals surface area contributed by atoms with E-state index in [0.29, 0.717) is 28.6 Å². The number of fused-ring (bicyclic) bond motifs is 2. The van der Waals surface area contributed by atoms with Crippen LogP contribution >= 0.6 is 11.8 Å². The second kappa shape index (κ2) is 21.1. The standard InChI is InChI=1S/C28H33N7O2.C22H18N4OS/c1-7-27(36)30-22-16-23(26(37-6)17-25(22)34(4)15-14-33(2)3)32-28-29-13-12-21(31-28)20-18-35(5)24-11-9-8-10-19(20)24;1-23-22(27)18-7-2-3-8-21(18)28-16-10-11-17-19(25-26-20(17)14-16)12-9-15-6-4-5-13-24-15/h7-13,16-18H,1,14-15H2,2-6H3,(H,30,36)(H,29,31,32);2-14H,1H3,(H,23,27)(H,25,26). The SMILES string of the molecule is C=CC(=O)Nc1cc(Nc2nccc(-c3cn(C)c4ccccc34)n2)c(OC)cc1N(C)CCN(C)C.CNC(=O)c1ccccc1Sc1ccc2c(C=Cc3ccccn3)n[nH]c2c1. The van der Waals surface area contributed by atoms with Crippen molar-refractivity contribution >= 4 is 80.5 Å². The third kappa shape index (κ3) is 11.1. The first-order chi connectivity index (χ1) is 31.5. The van der Waals surface area contributed by atoms with Crippen molar-refractivity contribution in [3.63, 3.8) is 0 Å². The van der Waals surface area contributed by atoms with Crippen LogP contribution in [0.1, 0.15) is 21.7 Å². The second-order valence-corrected chi connectivity index (χ2v) is 16.2. The van der Waals surface area contributed by atoms with Crippen LogP contribution in [0, 0.1) is 0 Å². The quantitative estimate of drug-likeness (QED) is 0.0728. The molecule has 65 heavy (non-hydrogen) atoms. The monoisotopic (exact) mass is 885 g/mol. The van der Waals surface area contributed by atoms with E-state index in [1.54, 1.807) is 38.3 Å². The molecule has 4 heterocycles. The molecule has 8 rings (SSSR count). The van der Waals surface area contributed by atoms with Gasteiger partial charge < -0.3 is 35.1 Å². The van der Waals surface area contributed by atoms with Crippen molar-refractivity contribution in [3.8, 4) is 17.0 Å². The minimum absolute atomic E-state index is 0.0901. The Hall–Kier alpha value is -7.75. The molecule has 4 N–H and O–H groups in total. The molecule has 0 spiro atoms. The Morgan fingerprint density at radius 2 is 1.68 bits per heavy atom. The van der Waals surface area contributed by atoms with Gasteiger partial charge in [-0.25, -0.2) is 9.97 Å². The van der Waals surface area contributed by atoms with E-state index in [-0.39, 0.29) is 11.8 Å². The molecule has 0 unspecified atom stereocenters. The van der Waals surface area contributed by atoms with Crippen LogP contribution in [-0.4, -0.2) is 94.8 Å².